The van der Waals surface area contributed by atoms with Crippen LogP contribution in [0.3, 0.4) is 0 Å². The topological polar surface area (TPSA) is 23.8 Å². The Hall–Kier alpha value is -1.29. The zero-order chi connectivity index (χ0) is 8.69. The smallest absolute Gasteiger partial charge is 0.0912 e. The first-order valence-corrected chi connectivity index (χ1v) is 3.61. The van der Waals surface area contributed by atoms with Gasteiger partial charge in [0.1, 0.15) is 0 Å². The van der Waals surface area contributed by atoms with Crippen LogP contribution in [-0.4, -0.2) is 0 Å². The molecule has 0 amide bonds. The molecule has 0 aliphatic heterocycles. The van der Waals surface area contributed by atoms with Crippen LogP contribution in [0.5, 0.6) is 0 Å². The molecule has 11 heavy (non-hydrogen) atoms. The van der Waals surface area contributed by atoms with Crippen LogP contribution in [0.2, 0.25) is 0 Å². The van der Waals surface area contributed by atoms with Gasteiger partial charge in [0, 0.05) is 6.08 Å². The van der Waals surface area contributed by atoms with Gasteiger partial charge in [0.25, 0.3) is 0 Å². The number of allylic oxidation sites excluding steroid dienone is 5. The summed E-state index contributed by atoms with van der Waals surface area (Å²) in [5.74, 6) is 0.468. The second-order valence-corrected chi connectivity index (χ2v) is 2.51. The van der Waals surface area contributed by atoms with Gasteiger partial charge in [-0.05, 0) is 11.5 Å². The van der Waals surface area contributed by atoms with Crippen molar-refractivity contribution >= 4 is 0 Å². The minimum atomic E-state index is 0.468. The van der Waals surface area contributed by atoms with Gasteiger partial charge in [-0.1, -0.05) is 38.7 Å². The normalized spacial score (nSPS) is 12.0. The molecule has 0 fully saturated rings. The van der Waals surface area contributed by atoms with Crippen molar-refractivity contribution in [1.82, 2.24) is 0 Å². The van der Waals surface area contributed by atoms with Gasteiger partial charge in [-0.2, -0.15) is 5.26 Å². The molecule has 0 radical (unpaired) electrons. The molecular weight excluding hydrogens is 134 g/mol. The fourth-order valence-electron chi connectivity index (χ4n) is 0.698. The summed E-state index contributed by atoms with van der Waals surface area (Å²) in [7, 11) is 0. The van der Waals surface area contributed by atoms with E-state index in [1.807, 2.05) is 18.2 Å². The highest BCUT2D eigenvalue weighted by Crippen LogP contribution is 2.09. The van der Waals surface area contributed by atoms with E-state index >= 15 is 0 Å². The first-order valence-electron chi connectivity index (χ1n) is 3.61. The lowest BCUT2D eigenvalue weighted by molar-refractivity contribution is 0.792. The molecule has 0 saturated heterocycles. The summed E-state index contributed by atoms with van der Waals surface area (Å²) < 4.78 is 0. The van der Waals surface area contributed by atoms with Crippen LogP contribution in [-0.2, 0) is 0 Å². The third kappa shape index (κ3) is 4.16. The number of hydrogen-bond acceptors (Lipinski definition) is 1. The highest BCUT2D eigenvalue weighted by Gasteiger charge is 1.94. The molecule has 0 aromatic heterocycles. The van der Waals surface area contributed by atoms with E-state index in [2.05, 4.69) is 20.4 Å². The molecule has 0 aromatic carbocycles. The van der Waals surface area contributed by atoms with E-state index in [9.17, 15) is 0 Å². The summed E-state index contributed by atoms with van der Waals surface area (Å²) in [5, 5.41) is 8.20. The van der Waals surface area contributed by atoms with E-state index in [1.165, 1.54) is 6.08 Å². The summed E-state index contributed by atoms with van der Waals surface area (Å²) in [4.78, 5) is 0. The number of nitriles is 1. The predicted octanol–water partition coefficient (Wildman–Crippen LogP) is 2.83. The Morgan fingerprint density at radius 1 is 1.55 bits per heavy atom. The molecular formula is C10H13N. The summed E-state index contributed by atoms with van der Waals surface area (Å²) >= 11 is 0. The van der Waals surface area contributed by atoms with Crippen LogP contribution in [0.4, 0.5) is 0 Å². The zero-order valence-electron chi connectivity index (χ0n) is 7.04. The lowest BCUT2D eigenvalue weighted by atomic mass is 10.0. The van der Waals surface area contributed by atoms with Crippen LogP contribution < -0.4 is 0 Å². The van der Waals surface area contributed by atoms with Crippen molar-refractivity contribution in [3.8, 4) is 6.07 Å². The van der Waals surface area contributed by atoms with Gasteiger partial charge >= 0.3 is 0 Å². The second kappa shape index (κ2) is 5.49. The van der Waals surface area contributed by atoms with E-state index in [4.69, 9.17) is 5.26 Å². The van der Waals surface area contributed by atoms with Crippen molar-refractivity contribution < 1.29 is 0 Å². The lowest BCUT2D eigenvalue weighted by Crippen LogP contribution is -1.88. The van der Waals surface area contributed by atoms with E-state index in [0.29, 0.717) is 5.92 Å². The van der Waals surface area contributed by atoms with E-state index in [0.717, 1.165) is 5.57 Å². The first kappa shape index (κ1) is 9.71. The van der Waals surface area contributed by atoms with Crippen LogP contribution in [0.15, 0.2) is 36.5 Å². The van der Waals surface area contributed by atoms with Crippen molar-refractivity contribution in [2.24, 2.45) is 5.92 Å². The molecule has 0 bridgehead atoms. The number of nitrogens with zero attached hydrogens (tertiary/aromatic N) is 1. The van der Waals surface area contributed by atoms with Gasteiger partial charge in [0.05, 0.1) is 6.07 Å². The number of rotatable bonds is 3. The molecule has 0 spiro atoms. The Labute approximate surface area is 68.3 Å². The summed E-state index contributed by atoms with van der Waals surface area (Å²) in [5.41, 5.74) is 1.15. The third-order valence-electron chi connectivity index (χ3n) is 1.36. The Bertz CT molecular complexity index is 214. The van der Waals surface area contributed by atoms with Gasteiger partial charge in [-0.25, -0.2) is 0 Å². The molecule has 1 heteroatoms. The molecule has 0 aliphatic rings. The van der Waals surface area contributed by atoms with Crippen LogP contribution in [0.25, 0.3) is 0 Å². The number of hydrogen-bond donors (Lipinski definition) is 0. The minimum absolute atomic E-state index is 0.468. The maximum Gasteiger partial charge on any atom is 0.0912 e. The van der Waals surface area contributed by atoms with Gasteiger partial charge in [0.15, 0.2) is 0 Å². The molecule has 0 N–H and O–H groups in total. The average molecular weight is 147 g/mol. The fraction of sp³-hybridized carbons (Fsp3) is 0.300. The molecule has 58 valence electrons. The van der Waals surface area contributed by atoms with Gasteiger partial charge in [-0.3, -0.25) is 0 Å². The Morgan fingerprint density at radius 3 is 2.55 bits per heavy atom. The first-order chi connectivity index (χ1) is 5.22. The summed E-state index contributed by atoms with van der Waals surface area (Å²) in [6.45, 7) is 7.86. The molecule has 0 rings (SSSR count). The maximum absolute atomic E-state index is 8.20. The van der Waals surface area contributed by atoms with Gasteiger partial charge < -0.3 is 0 Å². The molecule has 0 saturated carbocycles. The van der Waals surface area contributed by atoms with Crippen LogP contribution >= 0.6 is 0 Å². The zero-order valence-corrected chi connectivity index (χ0v) is 7.04. The standard InChI is InChI=1S/C10H13N/c1-4-10(9(2)3)7-5-6-8-11/h4-7,9H,1H2,2-3H3/b6-5+,10-7+. The highest BCUT2D eigenvalue weighted by molar-refractivity contribution is 5.25. The van der Waals surface area contributed by atoms with E-state index < -0.39 is 0 Å². The van der Waals surface area contributed by atoms with Gasteiger partial charge in [-0.15, -0.1) is 0 Å². The van der Waals surface area contributed by atoms with Crippen molar-refractivity contribution in [2.75, 3.05) is 0 Å². The SMILES string of the molecule is C=C/C(=C\C=C\C#N)C(C)C. The predicted molar refractivity (Wildman–Crippen MR) is 47.9 cm³/mol. The van der Waals surface area contributed by atoms with Crippen molar-refractivity contribution in [3.63, 3.8) is 0 Å². The van der Waals surface area contributed by atoms with Gasteiger partial charge in [0.2, 0.25) is 0 Å². The van der Waals surface area contributed by atoms with Crippen molar-refractivity contribution in [3.05, 3.63) is 36.5 Å². The highest BCUT2D eigenvalue weighted by atomic mass is 14.2. The van der Waals surface area contributed by atoms with Crippen LogP contribution in [0.1, 0.15) is 13.8 Å². The van der Waals surface area contributed by atoms with Crippen molar-refractivity contribution in [1.29, 1.82) is 5.26 Å². The molecule has 0 aliphatic carbocycles. The molecule has 0 unspecified atom stereocenters. The molecule has 0 aromatic rings. The Morgan fingerprint density at radius 2 is 2.18 bits per heavy atom. The molecule has 0 atom stereocenters. The maximum atomic E-state index is 8.20. The monoisotopic (exact) mass is 147 g/mol. The Kier molecular flexibility index (Phi) is 4.85. The Balaban J connectivity index is 4.26. The lowest BCUT2D eigenvalue weighted by Gasteiger charge is -2.02. The summed E-state index contributed by atoms with van der Waals surface area (Å²) in [6.07, 6.45) is 6.90. The third-order valence-corrected chi connectivity index (χ3v) is 1.36. The van der Waals surface area contributed by atoms with E-state index in [1.54, 1.807) is 6.08 Å². The average Bonchev–Trinajstić information content (AvgIpc) is 1.97. The fourth-order valence-corrected chi connectivity index (χ4v) is 0.698. The van der Waals surface area contributed by atoms with E-state index in [-0.39, 0.29) is 0 Å². The summed E-state index contributed by atoms with van der Waals surface area (Å²) in [6, 6.07) is 1.93. The quantitative estimate of drug-likeness (QED) is 0.445. The second-order valence-electron chi connectivity index (χ2n) is 2.51. The minimum Gasteiger partial charge on any atom is -0.193 e. The van der Waals surface area contributed by atoms with Crippen molar-refractivity contribution in [2.45, 2.75) is 13.8 Å². The van der Waals surface area contributed by atoms with Crippen LogP contribution in [0, 0.1) is 17.2 Å². The molecule has 0 heterocycles. The largest absolute Gasteiger partial charge is 0.193 e. The molecule has 1 nitrogen and oxygen atoms in total.